The van der Waals surface area contributed by atoms with Gasteiger partial charge in [0.1, 0.15) is 12.1 Å². The van der Waals surface area contributed by atoms with Gasteiger partial charge in [-0.25, -0.2) is 4.79 Å². The molecule has 11 heteroatoms. The molecule has 4 unspecified atom stereocenters. The van der Waals surface area contributed by atoms with Gasteiger partial charge in [0, 0.05) is 0 Å². The van der Waals surface area contributed by atoms with Gasteiger partial charge >= 0.3 is 11.9 Å². The molecule has 0 spiro atoms. The Hall–Kier alpha value is -2.69. The normalized spacial score (nSPS) is 15.0. The summed E-state index contributed by atoms with van der Waals surface area (Å²) in [6.45, 7) is 6.69. The number of hydrogen-bond acceptors (Lipinski definition) is 6. The molecule has 0 fully saturated rings. The molecule has 0 aliphatic rings. The van der Waals surface area contributed by atoms with Crippen molar-refractivity contribution in [2.75, 3.05) is 6.54 Å². The summed E-state index contributed by atoms with van der Waals surface area (Å²) in [4.78, 5) is 58.6. The van der Waals surface area contributed by atoms with Gasteiger partial charge in [-0.05, 0) is 18.3 Å². The number of aliphatic carboxylic acids is 2. The van der Waals surface area contributed by atoms with Gasteiger partial charge in [-0.3, -0.25) is 19.2 Å². The second-order valence-corrected chi connectivity index (χ2v) is 7.38. The highest BCUT2D eigenvalue weighted by Crippen LogP contribution is 2.06. The lowest BCUT2D eigenvalue weighted by Gasteiger charge is -2.22. The fourth-order valence-corrected chi connectivity index (χ4v) is 2.39. The Labute approximate surface area is 169 Å². The topological polar surface area (TPSA) is 188 Å². The Morgan fingerprint density at radius 3 is 1.97 bits per heavy atom. The molecule has 0 saturated heterocycles. The van der Waals surface area contributed by atoms with Crippen LogP contribution in [0, 0.1) is 11.8 Å². The number of nitrogens with one attached hydrogen (secondary N) is 3. The molecule has 0 aliphatic carbocycles. The lowest BCUT2D eigenvalue weighted by Crippen LogP contribution is -2.54. The first kappa shape index (κ1) is 26.3. The average molecular weight is 416 g/mol. The average Bonchev–Trinajstić information content (AvgIpc) is 2.62. The second kappa shape index (κ2) is 12.7. The Morgan fingerprint density at radius 2 is 1.52 bits per heavy atom. The predicted octanol–water partition coefficient (Wildman–Crippen LogP) is -0.949. The summed E-state index contributed by atoms with van der Waals surface area (Å²) < 4.78 is 0. The number of carboxylic acids is 2. The van der Waals surface area contributed by atoms with E-state index in [1.807, 2.05) is 6.92 Å². The number of carboxylic acid groups (broad SMARTS) is 2. The van der Waals surface area contributed by atoms with Crippen molar-refractivity contribution in [3.05, 3.63) is 0 Å². The van der Waals surface area contributed by atoms with Gasteiger partial charge in [0.2, 0.25) is 17.7 Å². The van der Waals surface area contributed by atoms with Crippen LogP contribution in [0.15, 0.2) is 0 Å². The molecule has 11 nitrogen and oxygen atoms in total. The molecule has 166 valence electrons. The first-order chi connectivity index (χ1) is 13.4. The molecule has 4 atom stereocenters. The minimum absolute atomic E-state index is 0.0335. The van der Waals surface area contributed by atoms with Crippen molar-refractivity contribution in [2.45, 2.75) is 65.1 Å². The second-order valence-electron chi connectivity index (χ2n) is 7.38. The van der Waals surface area contributed by atoms with Gasteiger partial charge in [-0.2, -0.15) is 0 Å². The Bertz CT molecular complexity index is 609. The van der Waals surface area contributed by atoms with Crippen LogP contribution >= 0.6 is 0 Å². The molecule has 0 aromatic rings. The maximum Gasteiger partial charge on any atom is 0.326 e. The zero-order chi connectivity index (χ0) is 22.7. The molecule has 0 aliphatic heterocycles. The quantitative estimate of drug-likeness (QED) is 0.221. The fraction of sp³-hybridized carbons (Fsp3) is 0.722. The van der Waals surface area contributed by atoms with Crippen molar-refractivity contribution in [1.82, 2.24) is 16.0 Å². The molecule has 29 heavy (non-hydrogen) atoms. The van der Waals surface area contributed by atoms with Gasteiger partial charge in [-0.15, -0.1) is 0 Å². The number of hydrogen-bond donors (Lipinski definition) is 6. The minimum Gasteiger partial charge on any atom is -0.481 e. The van der Waals surface area contributed by atoms with E-state index in [1.165, 1.54) is 0 Å². The summed E-state index contributed by atoms with van der Waals surface area (Å²) in [5.74, 6) is -5.03. The van der Waals surface area contributed by atoms with Crippen LogP contribution in [-0.4, -0.2) is 64.5 Å². The van der Waals surface area contributed by atoms with Crippen LogP contribution in [0.2, 0.25) is 0 Å². The van der Waals surface area contributed by atoms with Crippen molar-refractivity contribution >= 4 is 29.7 Å². The molecule has 0 saturated carbocycles. The van der Waals surface area contributed by atoms with E-state index in [2.05, 4.69) is 16.0 Å². The van der Waals surface area contributed by atoms with Crippen molar-refractivity contribution < 1.29 is 34.2 Å². The molecule has 0 rings (SSSR count). The van der Waals surface area contributed by atoms with E-state index >= 15 is 0 Å². The largest absolute Gasteiger partial charge is 0.481 e. The van der Waals surface area contributed by atoms with Crippen LogP contribution < -0.4 is 21.7 Å². The third-order valence-corrected chi connectivity index (χ3v) is 4.34. The summed E-state index contributed by atoms with van der Waals surface area (Å²) in [7, 11) is 0. The van der Waals surface area contributed by atoms with Crippen LogP contribution in [0.5, 0.6) is 0 Å². The number of amides is 3. The van der Waals surface area contributed by atoms with E-state index in [0.29, 0.717) is 6.42 Å². The van der Waals surface area contributed by atoms with Crippen LogP contribution in [0.1, 0.15) is 47.0 Å². The van der Waals surface area contributed by atoms with Crippen LogP contribution in [-0.2, 0) is 24.0 Å². The zero-order valence-electron chi connectivity index (χ0n) is 17.2. The van der Waals surface area contributed by atoms with E-state index in [-0.39, 0.29) is 18.3 Å². The highest BCUT2D eigenvalue weighted by Gasteiger charge is 2.29. The summed E-state index contributed by atoms with van der Waals surface area (Å²) in [5.41, 5.74) is 5.75. The van der Waals surface area contributed by atoms with E-state index in [4.69, 9.17) is 10.8 Å². The third kappa shape index (κ3) is 10.4. The van der Waals surface area contributed by atoms with Crippen LogP contribution in [0.3, 0.4) is 0 Å². The molecule has 3 amide bonds. The first-order valence-electron chi connectivity index (χ1n) is 9.46. The molecule has 0 bridgehead atoms. The number of carbonyl (C=O) groups excluding carboxylic acids is 3. The number of nitrogens with two attached hydrogens (primary N) is 1. The lowest BCUT2D eigenvalue weighted by molar-refractivity contribution is -0.143. The van der Waals surface area contributed by atoms with Gasteiger partial charge in [0.05, 0.1) is 19.0 Å². The highest BCUT2D eigenvalue weighted by atomic mass is 16.4. The fourth-order valence-electron chi connectivity index (χ4n) is 2.39. The Kier molecular flexibility index (Phi) is 11.5. The lowest BCUT2D eigenvalue weighted by atomic mass is 9.99. The first-order valence-corrected chi connectivity index (χ1v) is 9.46. The van der Waals surface area contributed by atoms with Crippen molar-refractivity contribution in [3.8, 4) is 0 Å². The summed E-state index contributed by atoms with van der Waals surface area (Å²) in [5, 5.41) is 25.0. The molecule has 0 aromatic heterocycles. The molecular weight excluding hydrogens is 384 g/mol. The van der Waals surface area contributed by atoms with Gasteiger partial charge in [0.25, 0.3) is 0 Å². The van der Waals surface area contributed by atoms with Gasteiger partial charge in [-0.1, -0.05) is 34.1 Å². The smallest absolute Gasteiger partial charge is 0.326 e. The van der Waals surface area contributed by atoms with E-state index in [1.54, 1.807) is 20.8 Å². The van der Waals surface area contributed by atoms with Crippen molar-refractivity contribution in [3.63, 3.8) is 0 Å². The highest BCUT2D eigenvalue weighted by molar-refractivity contribution is 5.94. The predicted molar refractivity (Wildman–Crippen MR) is 104 cm³/mol. The summed E-state index contributed by atoms with van der Waals surface area (Å²) in [6, 6.07) is -3.52. The van der Waals surface area contributed by atoms with E-state index < -0.39 is 60.8 Å². The Morgan fingerprint density at radius 1 is 0.931 bits per heavy atom. The monoisotopic (exact) mass is 416 g/mol. The van der Waals surface area contributed by atoms with Crippen molar-refractivity contribution in [1.29, 1.82) is 0 Å². The molecule has 0 radical (unpaired) electrons. The van der Waals surface area contributed by atoms with Crippen molar-refractivity contribution in [2.24, 2.45) is 17.6 Å². The molecular formula is C18H32N4O7. The maximum absolute atomic E-state index is 12.3. The SMILES string of the molecule is CCC(C)C(N)C(=O)NCC(=O)NC(CC(=O)O)C(=O)NC(CC(C)C)C(=O)O. The summed E-state index contributed by atoms with van der Waals surface area (Å²) >= 11 is 0. The van der Waals surface area contributed by atoms with Crippen LogP contribution in [0.25, 0.3) is 0 Å². The zero-order valence-corrected chi connectivity index (χ0v) is 17.2. The van der Waals surface area contributed by atoms with E-state index in [9.17, 15) is 29.1 Å². The number of carbonyl (C=O) groups is 5. The molecule has 0 aromatic carbocycles. The number of rotatable bonds is 13. The van der Waals surface area contributed by atoms with Crippen LogP contribution in [0.4, 0.5) is 0 Å². The maximum atomic E-state index is 12.3. The molecule has 0 heterocycles. The standard InChI is InChI=1S/C18H32N4O7/c1-5-10(4)15(19)17(27)20-8-13(23)21-11(7-14(24)25)16(26)22-12(18(28)29)6-9(2)3/h9-12,15H,5-8,19H2,1-4H3,(H,20,27)(H,21,23)(H,22,26)(H,24,25)(H,28,29). The van der Waals surface area contributed by atoms with E-state index in [0.717, 1.165) is 0 Å². The molecule has 7 N–H and O–H groups in total. The minimum atomic E-state index is -1.49. The van der Waals surface area contributed by atoms with Gasteiger partial charge < -0.3 is 31.9 Å². The van der Waals surface area contributed by atoms with Gasteiger partial charge in [0.15, 0.2) is 0 Å². The Balaban J connectivity index is 4.95. The third-order valence-electron chi connectivity index (χ3n) is 4.34. The summed E-state index contributed by atoms with van der Waals surface area (Å²) in [6.07, 6.45) is 0.0626.